The number of esters is 2. The van der Waals surface area contributed by atoms with Gasteiger partial charge in [0.05, 0.1) is 0 Å². The lowest BCUT2D eigenvalue weighted by Crippen LogP contribution is -2.13. The highest BCUT2D eigenvalue weighted by atomic mass is 16.5. The van der Waals surface area contributed by atoms with Gasteiger partial charge in [-0.25, -0.2) is 4.79 Å². The van der Waals surface area contributed by atoms with Crippen molar-refractivity contribution in [2.75, 3.05) is 0 Å². The van der Waals surface area contributed by atoms with Crippen LogP contribution >= 0.6 is 0 Å². The van der Waals surface area contributed by atoms with Crippen LogP contribution in [0.15, 0.2) is 72.5 Å². The molecule has 3 rings (SSSR count). The van der Waals surface area contributed by atoms with Gasteiger partial charge in [-0.1, -0.05) is 48.6 Å². The van der Waals surface area contributed by atoms with Gasteiger partial charge in [0.25, 0.3) is 0 Å². The molecule has 2 aromatic rings. The number of phenolic OH excluding ortho intramolecular Hbond substituents is 2. The lowest BCUT2D eigenvalue weighted by Gasteiger charge is -2.19. The van der Waals surface area contributed by atoms with Crippen LogP contribution in [-0.2, 0) is 14.3 Å². The summed E-state index contributed by atoms with van der Waals surface area (Å²) >= 11 is 0. The van der Waals surface area contributed by atoms with Crippen molar-refractivity contribution < 1.29 is 29.3 Å². The minimum atomic E-state index is -0.755. The molecule has 0 radical (unpaired) electrons. The first-order chi connectivity index (χ1) is 14.9. The van der Waals surface area contributed by atoms with Gasteiger partial charge in [0.1, 0.15) is 28.9 Å². The second-order valence-corrected chi connectivity index (χ2v) is 7.06. The summed E-state index contributed by atoms with van der Waals surface area (Å²) in [5, 5.41) is 20.4. The van der Waals surface area contributed by atoms with Crippen LogP contribution in [0, 0.1) is 0 Å². The number of hydrogen-bond donors (Lipinski definition) is 2. The van der Waals surface area contributed by atoms with E-state index in [-0.39, 0.29) is 22.6 Å². The fraction of sp³-hybridized carbons (Fsp3) is 0.200. The van der Waals surface area contributed by atoms with Gasteiger partial charge in [-0.05, 0) is 36.6 Å². The maximum Gasteiger partial charge on any atom is 0.343 e. The zero-order valence-corrected chi connectivity index (χ0v) is 17.2. The molecule has 6 heteroatoms. The van der Waals surface area contributed by atoms with Crippen molar-refractivity contribution in [3.63, 3.8) is 0 Å². The van der Waals surface area contributed by atoms with Crippen LogP contribution in [0.25, 0.3) is 6.08 Å². The van der Waals surface area contributed by atoms with Crippen LogP contribution in [0.4, 0.5) is 0 Å². The molecule has 2 N–H and O–H groups in total. The lowest BCUT2D eigenvalue weighted by atomic mass is 10.0. The number of fused-ring (bicyclic) bond motifs is 1. The highest BCUT2D eigenvalue weighted by Gasteiger charge is 2.23. The predicted octanol–water partition coefficient (Wildman–Crippen LogP) is 5.20. The van der Waals surface area contributed by atoms with E-state index in [4.69, 9.17) is 9.47 Å². The Labute approximate surface area is 180 Å². The van der Waals surface area contributed by atoms with E-state index in [9.17, 15) is 19.8 Å². The standard InChI is InChI=1S/C25H24O6/c1-17(26)30-21-12-8-3-2-4-9-13-23(18-10-6-5-7-11-18)31-25(29)24-19(15-21)14-20(27)16-22(24)28/h4-12,14-16,23,27-28H,2-3,13H2,1H3/b9-4+,12-8?,21-15?/t23-/m1/s1. The summed E-state index contributed by atoms with van der Waals surface area (Å²) < 4.78 is 11.0. The van der Waals surface area contributed by atoms with Gasteiger partial charge < -0.3 is 19.7 Å². The molecule has 0 saturated heterocycles. The molecular weight excluding hydrogens is 396 g/mol. The van der Waals surface area contributed by atoms with Crippen molar-refractivity contribution in [3.8, 4) is 11.5 Å². The van der Waals surface area contributed by atoms with Crippen LogP contribution in [0.1, 0.15) is 53.8 Å². The molecule has 0 saturated carbocycles. The number of benzene rings is 2. The number of carbonyl (C=O) groups excluding carboxylic acids is 2. The Kier molecular flexibility index (Phi) is 7.27. The maximum atomic E-state index is 13.1. The third-order valence-corrected chi connectivity index (χ3v) is 4.62. The topological polar surface area (TPSA) is 93.1 Å². The maximum absolute atomic E-state index is 13.1. The number of cyclic esters (lactones) is 1. The van der Waals surface area contributed by atoms with Crippen molar-refractivity contribution in [2.45, 2.75) is 32.3 Å². The average molecular weight is 420 g/mol. The van der Waals surface area contributed by atoms with Crippen molar-refractivity contribution in [3.05, 3.63) is 89.2 Å². The summed E-state index contributed by atoms with van der Waals surface area (Å²) in [5.41, 5.74) is 0.865. The summed E-state index contributed by atoms with van der Waals surface area (Å²) in [5.74, 6) is -1.79. The largest absolute Gasteiger partial charge is 0.508 e. The molecule has 31 heavy (non-hydrogen) atoms. The quantitative estimate of drug-likeness (QED) is 0.513. The summed E-state index contributed by atoms with van der Waals surface area (Å²) in [7, 11) is 0. The first kappa shape index (κ1) is 21.9. The second kappa shape index (κ2) is 10.3. The summed E-state index contributed by atoms with van der Waals surface area (Å²) in [6, 6.07) is 11.7. The van der Waals surface area contributed by atoms with E-state index in [0.717, 1.165) is 18.1 Å². The zero-order valence-electron chi connectivity index (χ0n) is 17.2. The van der Waals surface area contributed by atoms with Crippen LogP contribution in [0.5, 0.6) is 11.5 Å². The van der Waals surface area contributed by atoms with Gasteiger partial charge in [0, 0.05) is 25.0 Å². The van der Waals surface area contributed by atoms with Crippen molar-refractivity contribution in [1.82, 2.24) is 0 Å². The number of rotatable bonds is 2. The number of carbonyl (C=O) groups is 2. The molecule has 160 valence electrons. The number of ether oxygens (including phenoxy) is 2. The molecule has 2 aromatic carbocycles. The highest BCUT2D eigenvalue weighted by molar-refractivity contribution is 5.97. The molecule has 1 atom stereocenters. The van der Waals surface area contributed by atoms with E-state index < -0.39 is 23.8 Å². The monoisotopic (exact) mass is 420 g/mol. The molecule has 0 aromatic heterocycles. The normalized spacial score (nSPS) is 18.2. The summed E-state index contributed by atoms with van der Waals surface area (Å²) in [6.45, 7) is 1.27. The molecule has 0 spiro atoms. The number of allylic oxidation sites excluding steroid dienone is 3. The average Bonchev–Trinajstić information content (AvgIpc) is 2.71. The molecule has 0 aliphatic carbocycles. The van der Waals surface area contributed by atoms with Gasteiger partial charge in [0.2, 0.25) is 0 Å². The zero-order chi connectivity index (χ0) is 22.2. The molecule has 1 heterocycles. The first-order valence-electron chi connectivity index (χ1n) is 9.97. The number of phenols is 2. The van der Waals surface area contributed by atoms with Crippen LogP contribution in [0.3, 0.4) is 0 Å². The van der Waals surface area contributed by atoms with E-state index in [0.29, 0.717) is 12.8 Å². The van der Waals surface area contributed by atoms with Crippen LogP contribution in [-0.4, -0.2) is 22.2 Å². The van der Waals surface area contributed by atoms with Gasteiger partial charge in [0.15, 0.2) is 0 Å². The predicted molar refractivity (Wildman–Crippen MR) is 116 cm³/mol. The summed E-state index contributed by atoms with van der Waals surface area (Å²) in [6.07, 6.45) is 10.2. The lowest BCUT2D eigenvalue weighted by molar-refractivity contribution is -0.136. The van der Waals surface area contributed by atoms with E-state index in [1.807, 2.05) is 48.6 Å². The van der Waals surface area contributed by atoms with Gasteiger partial charge in [-0.15, -0.1) is 0 Å². The Balaban J connectivity index is 2.09. The van der Waals surface area contributed by atoms with E-state index in [2.05, 4.69) is 0 Å². The Morgan fingerprint density at radius 2 is 1.81 bits per heavy atom. The minimum absolute atomic E-state index is 0.127. The smallest absolute Gasteiger partial charge is 0.343 e. The third kappa shape index (κ3) is 6.09. The van der Waals surface area contributed by atoms with E-state index in [1.54, 1.807) is 6.08 Å². The fourth-order valence-electron chi connectivity index (χ4n) is 3.24. The van der Waals surface area contributed by atoms with Crippen molar-refractivity contribution >= 4 is 18.0 Å². The Bertz CT molecular complexity index is 1030. The number of hydrogen-bond acceptors (Lipinski definition) is 6. The van der Waals surface area contributed by atoms with Gasteiger partial charge in [-0.2, -0.15) is 0 Å². The van der Waals surface area contributed by atoms with Gasteiger partial charge in [-0.3, -0.25) is 4.79 Å². The molecule has 1 aliphatic heterocycles. The third-order valence-electron chi connectivity index (χ3n) is 4.62. The molecule has 0 amide bonds. The molecule has 0 bridgehead atoms. The fourth-order valence-corrected chi connectivity index (χ4v) is 3.24. The second-order valence-electron chi connectivity index (χ2n) is 7.06. The molecule has 0 unspecified atom stereocenters. The Morgan fingerprint density at radius 1 is 1.06 bits per heavy atom. The molecular formula is C25H24O6. The minimum Gasteiger partial charge on any atom is -0.508 e. The summed E-state index contributed by atoms with van der Waals surface area (Å²) in [4.78, 5) is 24.6. The molecule has 1 aliphatic rings. The first-order valence-corrected chi connectivity index (χ1v) is 9.97. The Morgan fingerprint density at radius 3 is 2.55 bits per heavy atom. The van der Waals surface area contributed by atoms with E-state index in [1.165, 1.54) is 19.1 Å². The molecule has 0 fully saturated rings. The van der Waals surface area contributed by atoms with Crippen LogP contribution in [0.2, 0.25) is 0 Å². The van der Waals surface area contributed by atoms with E-state index >= 15 is 0 Å². The number of aromatic hydroxyl groups is 2. The molecule has 6 nitrogen and oxygen atoms in total. The SMILES string of the molecule is CC(=O)OC1=Cc2cc(O)cc(O)c2C(=O)O[C@@H](c2ccccc2)C/C=C/CCC=C1. The van der Waals surface area contributed by atoms with Crippen molar-refractivity contribution in [1.29, 1.82) is 0 Å². The van der Waals surface area contributed by atoms with Crippen molar-refractivity contribution in [2.24, 2.45) is 0 Å². The Hall–Kier alpha value is -3.80. The highest BCUT2D eigenvalue weighted by Crippen LogP contribution is 2.32. The van der Waals surface area contributed by atoms with Gasteiger partial charge >= 0.3 is 11.9 Å². The van der Waals surface area contributed by atoms with Crippen LogP contribution < -0.4 is 0 Å².